The van der Waals surface area contributed by atoms with E-state index in [4.69, 9.17) is 9.40 Å². The van der Waals surface area contributed by atoms with Crippen molar-refractivity contribution in [3.63, 3.8) is 0 Å². The Morgan fingerprint density at radius 1 is 0.768 bits per heavy atom. The summed E-state index contributed by atoms with van der Waals surface area (Å²) in [7, 11) is 0. The van der Waals surface area contributed by atoms with Gasteiger partial charge in [0.15, 0.2) is 5.78 Å². The van der Waals surface area contributed by atoms with Gasteiger partial charge < -0.3 is 5.11 Å². The number of allylic oxidation sites excluding steroid dienone is 2. The number of nitrogens with zero attached hydrogens (tertiary/aromatic N) is 1. The number of aliphatic hydroxyl groups excluding tert-OH is 1. The molecule has 1 radical (unpaired) electrons. The number of fused-ring (bicyclic) bond motifs is 4. The summed E-state index contributed by atoms with van der Waals surface area (Å²) in [6.45, 7) is 17.3. The van der Waals surface area contributed by atoms with Crippen LogP contribution in [0.4, 0.5) is 0 Å². The monoisotopic (exact) mass is 989 g/mol. The van der Waals surface area contributed by atoms with Gasteiger partial charge in [0.05, 0.1) is 5.76 Å². The first-order valence-corrected chi connectivity index (χ1v) is 21.7. The number of ketones is 1. The number of para-hydroxylation sites is 1. The Hall–Kier alpha value is -4.05. The Labute approximate surface area is 352 Å². The first-order chi connectivity index (χ1) is 26.6. The summed E-state index contributed by atoms with van der Waals surface area (Å²) in [6.07, 6.45) is 4.91. The Kier molecular flexibility index (Phi) is 14.9. The minimum Gasteiger partial charge on any atom is -0.512 e. The summed E-state index contributed by atoms with van der Waals surface area (Å²) in [5.74, 6) is 1.32. The second-order valence-electron chi connectivity index (χ2n) is 15.1. The molecule has 0 unspecified atom stereocenters. The molecule has 7 rings (SSSR count). The molecular formula is C50H54IrNO3Se-. The maximum absolute atomic E-state index is 11.7. The number of carbonyl (C=O) groups excluding carboxylic acids is 1. The molecule has 7 aromatic rings. The summed E-state index contributed by atoms with van der Waals surface area (Å²) in [4.78, 5) is 16.9. The number of rotatable bonds is 12. The zero-order valence-corrected chi connectivity index (χ0v) is 38.0. The van der Waals surface area contributed by atoms with E-state index in [2.05, 4.69) is 113 Å². The Morgan fingerprint density at radius 2 is 1.39 bits per heavy atom. The van der Waals surface area contributed by atoms with Gasteiger partial charge in [-0.1, -0.05) is 27.7 Å². The van der Waals surface area contributed by atoms with Gasteiger partial charge in [-0.3, -0.25) is 4.79 Å². The molecule has 0 saturated carbocycles. The smallest absolute Gasteiger partial charge is 0.162 e. The maximum atomic E-state index is 11.7. The molecule has 0 aliphatic heterocycles. The number of aliphatic hydroxyl groups is 1. The average molecular weight is 988 g/mol. The van der Waals surface area contributed by atoms with Crippen molar-refractivity contribution in [2.75, 3.05) is 0 Å². The van der Waals surface area contributed by atoms with Gasteiger partial charge in [0, 0.05) is 38.0 Å². The maximum Gasteiger partial charge on any atom is 0.162 e. The van der Waals surface area contributed by atoms with E-state index in [1.165, 1.54) is 43.7 Å². The molecule has 0 amide bonds. The van der Waals surface area contributed by atoms with Crippen molar-refractivity contribution in [1.82, 2.24) is 4.98 Å². The van der Waals surface area contributed by atoms with Crippen LogP contribution in [-0.2, 0) is 24.9 Å². The Bertz CT molecular complexity index is 2400. The van der Waals surface area contributed by atoms with Crippen molar-refractivity contribution in [3.8, 4) is 32.4 Å². The summed E-state index contributed by atoms with van der Waals surface area (Å²) < 4.78 is 8.79. The molecule has 0 aliphatic rings. The number of hydrogen-bond donors (Lipinski definition) is 1. The van der Waals surface area contributed by atoms with E-state index in [1.54, 1.807) is 0 Å². The summed E-state index contributed by atoms with van der Waals surface area (Å²) in [5, 5.41) is 12.0. The minimum absolute atomic E-state index is 0. The molecule has 0 fully saturated rings. The van der Waals surface area contributed by atoms with E-state index in [1.807, 2.05) is 45.9 Å². The third-order valence-electron chi connectivity index (χ3n) is 10.9. The number of carbonyl (C=O) groups is 1. The molecule has 2 aromatic heterocycles. The van der Waals surface area contributed by atoms with Gasteiger partial charge in [-0.15, -0.1) is 0 Å². The van der Waals surface area contributed by atoms with E-state index >= 15 is 0 Å². The molecule has 0 saturated heterocycles. The van der Waals surface area contributed by atoms with E-state index in [-0.39, 0.29) is 58.0 Å². The SMILES string of the molecule is CC(C)c1cc(-c2ccccc2)cc(C(C)C)c1-c1cccc2nc(-c3[c-]ccc4c3oc3ccccc34)[se]c12.CCC(CC)C(=O)/C=C(\O)C(CC)CC.[Ir]. The molecule has 293 valence electrons. The van der Waals surface area contributed by atoms with Crippen LogP contribution in [0, 0.1) is 17.9 Å². The van der Waals surface area contributed by atoms with Crippen LogP contribution in [0.1, 0.15) is 104 Å². The van der Waals surface area contributed by atoms with E-state index in [0.29, 0.717) is 11.8 Å². The van der Waals surface area contributed by atoms with Gasteiger partial charge in [-0.2, -0.15) is 0 Å². The van der Waals surface area contributed by atoms with Crippen molar-refractivity contribution in [2.24, 2.45) is 11.8 Å². The second-order valence-corrected chi connectivity index (χ2v) is 17.2. The molecule has 0 bridgehead atoms. The van der Waals surface area contributed by atoms with Crippen molar-refractivity contribution >= 4 is 52.0 Å². The molecule has 0 aliphatic carbocycles. The first kappa shape index (κ1) is 43.1. The van der Waals surface area contributed by atoms with Crippen LogP contribution >= 0.6 is 0 Å². The largest absolute Gasteiger partial charge is 0.512 e. The standard InChI is InChI=1S/C37H30NOSe.C13H24O2.Ir/c1-22(2)30-20-25(24-12-6-5-7-13-24)21-31(23(3)4)34(30)28-16-11-18-32-36(28)40-37(38-32)29-17-10-15-27-26-14-8-9-19-33(26)39-35(27)29;1-5-10(6-2)12(14)9-13(15)11(7-3)8-4;/h5-16,18-23H,1-4H3;9-11,14H,5-8H2,1-4H3;/q-1;;/b;12-9-;. The predicted octanol–water partition coefficient (Wildman–Crippen LogP) is 14.1. The molecule has 6 heteroatoms. The van der Waals surface area contributed by atoms with E-state index < -0.39 is 0 Å². The van der Waals surface area contributed by atoms with Gasteiger partial charge in [0.1, 0.15) is 0 Å². The fraction of sp³-hybridized carbons (Fsp3) is 0.320. The average Bonchev–Trinajstić information content (AvgIpc) is 3.81. The first-order valence-electron chi connectivity index (χ1n) is 20.0. The molecular weight excluding hydrogens is 934 g/mol. The third-order valence-corrected chi connectivity index (χ3v) is 13.2. The minimum atomic E-state index is 0. The number of furan rings is 1. The van der Waals surface area contributed by atoms with Crippen LogP contribution in [0.15, 0.2) is 113 Å². The van der Waals surface area contributed by atoms with Crippen LogP contribution < -0.4 is 0 Å². The summed E-state index contributed by atoms with van der Waals surface area (Å²) in [5.41, 5.74) is 11.9. The molecule has 0 atom stereocenters. The summed E-state index contributed by atoms with van der Waals surface area (Å²) in [6, 6.07) is 38.1. The van der Waals surface area contributed by atoms with Gasteiger partial charge in [0.2, 0.25) is 0 Å². The fourth-order valence-corrected chi connectivity index (χ4v) is 9.87. The van der Waals surface area contributed by atoms with E-state index in [9.17, 15) is 9.90 Å². The molecule has 2 heterocycles. The topological polar surface area (TPSA) is 63.3 Å². The van der Waals surface area contributed by atoms with Gasteiger partial charge in [-0.05, 0) is 25.7 Å². The van der Waals surface area contributed by atoms with Gasteiger partial charge >= 0.3 is 242 Å². The van der Waals surface area contributed by atoms with Gasteiger partial charge in [-0.25, -0.2) is 0 Å². The van der Waals surface area contributed by atoms with Crippen molar-refractivity contribution in [1.29, 1.82) is 0 Å². The number of hydrogen-bond acceptors (Lipinski definition) is 4. The van der Waals surface area contributed by atoms with Crippen LogP contribution in [0.25, 0.3) is 64.1 Å². The second kappa shape index (κ2) is 19.4. The fourth-order valence-electron chi connectivity index (χ4n) is 7.59. The predicted molar refractivity (Wildman–Crippen MR) is 233 cm³/mol. The summed E-state index contributed by atoms with van der Waals surface area (Å²) >= 11 is 0.0241. The van der Waals surface area contributed by atoms with Gasteiger partial charge in [0.25, 0.3) is 0 Å². The van der Waals surface area contributed by atoms with Crippen LogP contribution in [0.3, 0.4) is 0 Å². The van der Waals surface area contributed by atoms with Crippen LogP contribution in [0.2, 0.25) is 0 Å². The quantitative estimate of drug-likeness (QED) is 0.0573. The molecule has 4 nitrogen and oxygen atoms in total. The zero-order valence-electron chi connectivity index (χ0n) is 33.9. The normalized spacial score (nSPS) is 11.9. The molecule has 0 spiro atoms. The van der Waals surface area contributed by atoms with Crippen LogP contribution in [0.5, 0.6) is 0 Å². The zero-order chi connectivity index (χ0) is 39.2. The third kappa shape index (κ3) is 9.06. The van der Waals surface area contributed by atoms with Crippen molar-refractivity contribution in [2.45, 2.75) is 92.9 Å². The Morgan fingerprint density at radius 3 is 2.02 bits per heavy atom. The Balaban J connectivity index is 0.000000322. The van der Waals surface area contributed by atoms with Crippen molar-refractivity contribution < 1.29 is 34.4 Å². The molecule has 1 N–H and O–H groups in total. The molecule has 5 aromatic carbocycles. The number of benzene rings is 5. The van der Waals surface area contributed by atoms with E-state index in [0.717, 1.165) is 63.3 Å². The van der Waals surface area contributed by atoms with Crippen molar-refractivity contribution in [3.05, 3.63) is 126 Å². The number of aromatic nitrogens is 1. The van der Waals surface area contributed by atoms with Crippen LogP contribution in [-0.4, -0.2) is 30.4 Å². The molecule has 56 heavy (non-hydrogen) atoms.